The molecule has 0 atom stereocenters. The molecule has 0 N–H and O–H groups in total. The highest BCUT2D eigenvalue weighted by Gasteiger charge is 2.23. The van der Waals surface area contributed by atoms with E-state index in [4.69, 9.17) is 13.8 Å². The number of hydrogen-bond donors (Lipinski definition) is 0. The van der Waals surface area contributed by atoms with Gasteiger partial charge in [-0.3, -0.25) is 0 Å². The zero-order valence-corrected chi connectivity index (χ0v) is 32.4. The van der Waals surface area contributed by atoms with Crippen LogP contribution in [0.2, 0.25) is 0 Å². The maximum Gasteiger partial charge on any atom is 0.227 e. The largest absolute Gasteiger partial charge is 0.456 e. The summed E-state index contributed by atoms with van der Waals surface area (Å²) in [5.41, 5.74) is 14.9. The van der Waals surface area contributed by atoms with Crippen LogP contribution in [0.15, 0.2) is 221 Å². The summed E-state index contributed by atoms with van der Waals surface area (Å²) in [6.45, 7) is 0. The van der Waals surface area contributed by atoms with Crippen LogP contribution in [-0.2, 0) is 0 Å². The molecule has 0 aliphatic heterocycles. The van der Waals surface area contributed by atoms with Gasteiger partial charge in [0, 0.05) is 61.5 Å². The Balaban J connectivity index is 1.06. The number of anilines is 3. The zero-order chi connectivity index (χ0) is 39.6. The molecule has 0 aliphatic rings. The summed E-state index contributed by atoms with van der Waals surface area (Å²) in [5, 5.41) is 4.44. The molecule has 0 bridgehead atoms. The van der Waals surface area contributed by atoms with Gasteiger partial charge in [-0.1, -0.05) is 127 Å². The summed E-state index contributed by atoms with van der Waals surface area (Å²) in [6.07, 6.45) is 0. The number of furan rings is 1. The molecular weight excluding hydrogens is 735 g/mol. The highest BCUT2D eigenvalue weighted by molar-refractivity contribution is 6.19. The van der Waals surface area contributed by atoms with Crippen LogP contribution >= 0.6 is 0 Å². The normalized spacial score (nSPS) is 11.7. The number of aromatic nitrogens is 2. The lowest BCUT2D eigenvalue weighted by atomic mass is 9.97. The van der Waals surface area contributed by atoms with Crippen molar-refractivity contribution in [2.45, 2.75) is 0 Å². The molecule has 60 heavy (non-hydrogen) atoms. The Morgan fingerprint density at radius 1 is 0.400 bits per heavy atom. The van der Waals surface area contributed by atoms with E-state index in [-0.39, 0.29) is 0 Å². The standard InChI is InChI=1S/C55H35N3O2/c1-4-15-36(16-5-1)39-19-14-22-42(33-39)57(43-31-32-49-46(34-43)44-23-10-12-25-48(44)58(49)40-20-8-3-9-21-40)41-29-27-37(28-30-41)52-53-45-24-11-13-26-50(45)59-51(53)35-47-54(52)60-55(56-47)38-17-6-2-7-18-38/h1-35H. The molecule has 0 radical (unpaired) electrons. The predicted molar refractivity (Wildman–Crippen MR) is 247 cm³/mol. The van der Waals surface area contributed by atoms with Gasteiger partial charge in [0.25, 0.3) is 0 Å². The van der Waals surface area contributed by atoms with Crippen molar-refractivity contribution in [3.63, 3.8) is 0 Å². The van der Waals surface area contributed by atoms with E-state index in [1.807, 2.05) is 48.5 Å². The molecule has 12 rings (SSSR count). The van der Waals surface area contributed by atoms with E-state index in [0.29, 0.717) is 5.89 Å². The van der Waals surface area contributed by atoms with Crippen molar-refractivity contribution in [1.82, 2.24) is 9.55 Å². The van der Waals surface area contributed by atoms with Gasteiger partial charge in [-0.05, 0) is 95.6 Å². The van der Waals surface area contributed by atoms with Gasteiger partial charge < -0.3 is 18.3 Å². The third kappa shape index (κ3) is 5.52. The average molecular weight is 770 g/mol. The van der Waals surface area contributed by atoms with Gasteiger partial charge in [0.1, 0.15) is 16.7 Å². The Bertz CT molecular complexity index is 3530. The molecule has 12 aromatic rings. The molecule has 0 unspecified atom stereocenters. The first-order valence-corrected chi connectivity index (χ1v) is 20.2. The molecular formula is C55H35N3O2. The second-order valence-corrected chi connectivity index (χ2v) is 15.1. The van der Waals surface area contributed by atoms with Crippen molar-refractivity contribution >= 4 is 71.9 Å². The molecule has 0 amide bonds. The van der Waals surface area contributed by atoms with E-state index >= 15 is 0 Å². The number of nitrogens with zero attached hydrogens (tertiary/aromatic N) is 3. The molecule has 282 valence electrons. The van der Waals surface area contributed by atoms with Crippen molar-refractivity contribution in [2.75, 3.05) is 4.90 Å². The third-order valence-electron chi connectivity index (χ3n) is 11.6. The maximum atomic E-state index is 6.68. The lowest BCUT2D eigenvalue weighted by Crippen LogP contribution is -2.10. The highest BCUT2D eigenvalue weighted by Crippen LogP contribution is 2.45. The average Bonchev–Trinajstić information content (AvgIpc) is 4.01. The molecule has 5 nitrogen and oxygen atoms in total. The first kappa shape index (κ1) is 33.9. The predicted octanol–water partition coefficient (Wildman–Crippen LogP) is 15.3. The zero-order valence-electron chi connectivity index (χ0n) is 32.4. The molecule has 3 heterocycles. The van der Waals surface area contributed by atoms with Gasteiger partial charge in [0.05, 0.1) is 11.0 Å². The maximum absolute atomic E-state index is 6.68. The molecule has 3 aromatic heterocycles. The summed E-state index contributed by atoms with van der Waals surface area (Å²) in [6, 6.07) is 74.6. The van der Waals surface area contributed by atoms with Crippen molar-refractivity contribution in [1.29, 1.82) is 0 Å². The number of hydrogen-bond acceptors (Lipinski definition) is 4. The lowest BCUT2D eigenvalue weighted by molar-refractivity contribution is 0.621. The van der Waals surface area contributed by atoms with Crippen molar-refractivity contribution in [3.05, 3.63) is 212 Å². The molecule has 5 heteroatoms. The Morgan fingerprint density at radius 2 is 1.03 bits per heavy atom. The van der Waals surface area contributed by atoms with E-state index < -0.39 is 0 Å². The quantitative estimate of drug-likeness (QED) is 0.162. The summed E-state index contributed by atoms with van der Waals surface area (Å²) in [7, 11) is 0. The van der Waals surface area contributed by atoms with Gasteiger partial charge in [0.15, 0.2) is 5.58 Å². The summed E-state index contributed by atoms with van der Waals surface area (Å²) < 4.78 is 15.5. The molecule has 0 spiro atoms. The van der Waals surface area contributed by atoms with Crippen LogP contribution in [-0.4, -0.2) is 9.55 Å². The van der Waals surface area contributed by atoms with Crippen LogP contribution in [0.25, 0.3) is 94.2 Å². The van der Waals surface area contributed by atoms with Gasteiger partial charge in [0.2, 0.25) is 5.89 Å². The van der Waals surface area contributed by atoms with Crippen LogP contribution in [0.5, 0.6) is 0 Å². The van der Waals surface area contributed by atoms with Crippen LogP contribution < -0.4 is 4.90 Å². The Kier molecular flexibility index (Phi) is 7.78. The van der Waals surface area contributed by atoms with Crippen molar-refractivity contribution in [2.24, 2.45) is 0 Å². The second-order valence-electron chi connectivity index (χ2n) is 15.1. The van der Waals surface area contributed by atoms with Gasteiger partial charge >= 0.3 is 0 Å². The Labute approximate surface area is 345 Å². The highest BCUT2D eigenvalue weighted by atomic mass is 16.4. The first-order chi connectivity index (χ1) is 29.7. The van der Waals surface area contributed by atoms with Crippen molar-refractivity contribution < 1.29 is 8.83 Å². The van der Waals surface area contributed by atoms with Crippen LogP contribution in [0.1, 0.15) is 0 Å². The monoisotopic (exact) mass is 769 g/mol. The van der Waals surface area contributed by atoms with Gasteiger partial charge in [-0.2, -0.15) is 0 Å². The molecule has 0 aliphatic carbocycles. The summed E-state index contributed by atoms with van der Waals surface area (Å²) >= 11 is 0. The molecule has 0 fully saturated rings. The fourth-order valence-corrected chi connectivity index (χ4v) is 8.88. The van der Waals surface area contributed by atoms with E-state index in [9.17, 15) is 0 Å². The minimum atomic E-state index is 0.578. The third-order valence-corrected chi connectivity index (χ3v) is 11.6. The Morgan fingerprint density at radius 3 is 1.83 bits per heavy atom. The van der Waals surface area contributed by atoms with Crippen molar-refractivity contribution in [3.8, 4) is 39.4 Å². The number of fused-ring (bicyclic) bond motifs is 7. The van der Waals surface area contributed by atoms with E-state index in [2.05, 4.69) is 173 Å². The first-order valence-electron chi connectivity index (χ1n) is 20.2. The lowest BCUT2D eigenvalue weighted by Gasteiger charge is -2.26. The molecule has 9 aromatic carbocycles. The minimum absolute atomic E-state index is 0.578. The topological polar surface area (TPSA) is 47.3 Å². The molecule has 0 saturated carbocycles. The Hall–Kier alpha value is -8.15. The smallest absolute Gasteiger partial charge is 0.227 e. The summed E-state index contributed by atoms with van der Waals surface area (Å²) in [5.74, 6) is 0.578. The van der Waals surface area contributed by atoms with Gasteiger partial charge in [-0.25, -0.2) is 4.98 Å². The number of oxazole rings is 1. The van der Waals surface area contributed by atoms with Gasteiger partial charge in [-0.15, -0.1) is 0 Å². The fourth-order valence-electron chi connectivity index (χ4n) is 8.88. The van der Waals surface area contributed by atoms with Crippen LogP contribution in [0.3, 0.4) is 0 Å². The fraction of sp³-hybridized carbons (Fsp3) is 0. The number of rotatable bonds is 7. The van der Waals surface area contributed by atoms with E-state index in [1.165, 1.54) is 21.9 Å². The number of benzene rings is 9. The SMILES string of the molecule is c1ccc(-c2cccc(N(c3ccc(-c4c5oc(-c6ccccc6)nc5cc5oc6ccccc6c45)cc3)c3ccc4c(c3)c3ccccc3n4-c3ccccc3)c2)cc1. The van der Waals surface area contributed by atoms with E-state index in [0.717, 1.165) is 83.6 Å². The number of para-hydroxylation sites is 3. The second kappa shape index (κ2) is 13.8. The van der Waals surface area contributed by atoms with E-state index in [1.54, 1.807) is 0 Å². The van der Waals surface area contributed by atoms with Crippen LogP contribution in [0, 0.1) is 0 Å². The van der Waals surface area contributed by atoms with Crippen LogP contribution in [0.4, 0.5) is 17.1 Å². The minimum Gasteiger partial charge on any atom is -0.456 e. The molecule has 0 saturated heterocycles. The summed E-state index contributed by atoms with van der Waals surface area (Å²) in [4.78, 5) is 7.34.